The van der Waals surface area contributed by atoms with Crippen molar-refractivity contribution < 1.29 is 19.1 Å². The average Bonchev–Trinajstić information content (AvgIpc) is 2.52. The van der Waals surface area contributed by atoms with Crippen LogP contribution in [-0.4, -0.2) is 59.4 Å². The summed E-state index contributed by atoms with van der Waals surface area (Å²) in [6.07, 6.45) is 0.396. The highest BCUT2D eigenvalue weighted by molar-refractivity contribution is 5.95. The van der Waals surface area contributed by atoms with Crippen molar-refractivity contribution in [3.8, 4) is 0 Å². The van der Waals surface area contributed by atoms with Crippen LogP contribution in [0.25, 0.3) is 0 Å². The first kappa shape index (κ1) is 18.0. The molecular formula is C18H24N2O4. The molecule has 1 heterocycles. The summed E-state index contributed by atoms with van der Waals surface area (Å²) < 4.78 is 5.38. The van der Waals surface area contributed by atoms with Crippen LogP contribution in [0.5, 0.6) is 0 Å². The summed E-state index contributed by atoms with van der Waals surface area (Å²) in [6.45, 7) is 8.73. The molecule has 2 rings (SSSR count). The molecule has 0 aliphatic carbocycles. The molecular weight excluding hydrogens is 308 g/mol. The van der Waals surface area contributed by atoms with E-state index in [0.717, 1.165) is 6.29 Å². The number of benzene rings is 1. The maximum absolute atomic E-state index is 12.6. The van der Waals surface area contributed by atoms with Crippen molar-refractivity contribution in [2.45, 2.75) is 39.3 Å². The molecule has 0 radical (unpaired) electrons. The fraction of sp³-hybridized carbons (Fsp3) is 0.500. The number of rotatable bonds is 2. The van der Waals surface area contributed by atoms with Crippen LogP contribution >= 0.6 is 0 Å². The Morgan fingerprint density at radius 3 is 2.29 bits per heavy atom. The topological polar surface area (TPSA) is 66.9 Å². The summed E-state index contributed by atoms with van der Waals surface area (Å²) >= 11 is 0. The summed E-state index contributed by atoms with van der Waals surface area (Å²) in [5.41, 5.74) is 0.542. The van der Waals surface area contributed by atoms with Crippen molar-refractivity contribution in [1.29, 1.82) is 0 Å². The van der Waals surface area contributed by atoms with Gasteiger partial charge in [0.05, 0.1) is 0 Å². The molecule has 0 bridgehead atoms. The Morgan fingerprint density at radius 1 is 1.17 bits per heavy atom. The number of aldehydes is 1. The maximum Gasteiger partial charge on any atom is 0.410 e. The highest BCUT2D eigenvalue weighted by atomic mass is 16.6. The van der Waals surface area contributed by atoms with Gasteiger partial charge in [-0.1, -0.05) is 12.1 Å². The van der Waals surface area contributed by atoms with Gasteiger partial charge >= 0.3 is 6.09 Å². The molecule has 1 saturated heterocycles. The first-order chi connectivity index (χ1) is 11.2. The van der Waals surface area contributed by atoms with Crippen molar-refractivity contribution >= 4 is 18.3 Å². The molecule has 1 aliphatic heterocycles. The van der Waals surface area contributed by atoms with Gasteiger partial charge in [0, 0.05) is 36.8 Å². The van der Waals surface area contributed by atoms with E-state index in [-0.39, 0.29) is 18.0 Å². The van der Waals surface area contributed by atoms with Gasteiger partial charge < -0.3 is 14.5 Å². The molecule has 24 heavy (non-hydrogen) atoms. The molecule has 0 aromatic heterocycles. The number of hydrogen-bond donors (Lipinski definition) is 0. The van der Waals surface area contributed by atoms with Crippen molar-refractivity contribution in [2.24, 2.45) is 0 Å². The van der Waals surface area contributed by atoms with Crippen LogP contribution < -0.4 is 0 Å². The predicted octanol–water partition coefficient (Wildman–Crippen LogP) is 2.58. The molecule has 6 nitrogen and oxygen atoms in total. The average molecular weight is 332 g/mol. The van der Waals surface area contributed by atoms with Gasteiger partial charge in [-0.15, -0.1) is 0 Å². The molecule has 1 aliphatic rings. The van der Waals surface area contributed by atoms with E-state index in [4.69, 9.17) is 4.74 Å². The normalized spacial score (nSPS) is 18.2. The van der Waals surface area contributed by atoms with Gasteiger partial charge in [-0.05, 0) is 39.8 Å². The Kier molecular flexibility index (Phi) is 5.26. The zero-order chi connectivity index (χ0) is 17.9. The largest absolute Gasteiger partial charge is 0.444 e. The van der Waals surface area contributed by atoms with Gasteiger partial charge in [0.25, 0.3) is 5.91 Å². The molecule has 0 spiro atoms. The summed E-state index contributed by atoms with van der Waals surface area (Å²) in [7, 11) is 0. The lowest BCUT2D eigenvalue weighted by molar-refractivity contribution is 0.00617. The third-order valence-corrected chi connectivity index (χ3v) is 3.83. The van der Waals surface area contributed by atoms with Crippen LogP contribution in [0, 0.1) is 0 Å². The fourth-order valence-electron chi connectivity index (χ4n) is 2.62. The zero-order valence-electron chi connectivity index (χ0n) is 14.6. The van der Waals surface area contributed by atoms with Gasteiger partial charge in [-0.2, -0.15) is 0 Å². The van der Waals surface area contributed by atoms with Crippen LogP contribution in [0.4, 0.5) is 4.79 Å². The Hall–Kier alpha value is -2.37. The van der Waals surface area contributed by atoms with E-state index in [0.29, 0.717) is 30.8 Å². The molecule has 2 amide bonds. The number of carbonyl (C=O) groups excluding carboxylic acids is 3. The molecule has 130 valence electrons. The Bertz CT molecular complexity index is 619. The molecule has 1 atom stereocenters. The molecule has 0 unspecified atom stereocenters. The van der Waals surface area contributed by atoms with E-state index in [1.807, 2.05) is 27.7 Å². The summed E-state index contributed by atoms with van der Waals surface area (Å²) in [4.78, 5) is 38.8. The molecule has 0 N–H and O–H groups in total. The Labute approximate surface area is 142 Å². The second kappa shape index (κ2) is 7.03. The van der Waals surface area contributed by atoms with E-state index in [1.54, 1.807) is 34.1 Å². The van der Waals surface area contributed by atoms with Crippen LogP contribution in [0.1, 0.15) is 48.4 Å². The lowest BCUT2D eigenvalue weighted by Gasteiger charge is -2.40. The van der Waals surface area contributed by atoms with E-state index >= 15 is 0 Å². The number of ether oxygens (including phenoxy) is 1. The third kappa shape index (κ3) is 4.34. The highest BCUT2D eigenvalue weighted by Gasteiger charge is 2.32. The third-order valence-electron chi connectivity index (χ3n) is 3.83. The SMILES string of the molecule is C[C@@H]1CN(C(=O)OC(C)(C)C)CCN1C(=O)c1ccc(C=O)cc1. The number of nitrogens with zero attached hydrogens (tertiary/aromatic N) is 2. The second-order valence-corrected chi connectivity index (χ2v) is 7.01. The van der Waals surface area contributed by atoms with Crippen molar-refractivity contribution in [3.63, 3.8) is 0 Å². The number of piperazine rings is 1. The molecule has 1 aromatic carbocycles. The minimum Gasteiger partial charge on any atom is -0.444 e. The first-order valence-electron chi connectivity index (χ1n) is 8.05. The number of hydrogen-bond acceptors (Lipinski definition) is 4. The molecule has 0 saturated carbocycles. The van der Waals surface area contributed by atoms with Crippen LogP contribution in [0.15, 0.2) is 24.3 Å². The fourth-order valence-corrected chi connectivity index (χ4v) is 2.62. The van der Waals surface area contributed by atoms with E-state index in [1.165, 1.54) is 0 Å². The summed E-state index contributed by atoms with van der Waals surface area (Å²) in [6, 6.07) is 6.45. The lowest BCUT2D eigenvalue weighted by atomic mass is 10.1. The van der Waals surface area contributed by atoms with E-state index < -0.39 is 5.60 Å². The standard InChI is InChI=1S/C18H24N2O4/c1-13-11-19(17(23)24-18(2,3)4)9-10-20(13)16(22)15-7-5-14(12-21)6-8-15/h5-8,12-13H,9-11H2,1-4H3/t13-/m1/s1. The van der Waals surface area contributed by atoms with E-state index in [2.05, 4.69) is 0 Å². The van der Waals surface area contributed by atoms with Crippen molar-refractivity contribution in [1.82, 2.24) is 9.80 Å². The minimum absolute atomic E-state index is 0.0937. The summed E-state index contributed by atoms with van der Waals surface area (Å²) in [5.74, 6) is -0.0937. The van der Waals surface area contributed by atoms with Crippen LogP contribution in [0.2, 0.25) is 0 Å². The maximum atomic E-state index is 12.6. The first-order valence-corrected chi connectivity index (χ1v) is 8.05. The number of amides is 2. The zero-order valence-corrected chi connectivity index (χ0v) is 14.6. The quantitative estimate of drug-likeness (QED) is 0.781. The second-order valence-electron chi connectivity index (χ2n) is 7.01. The Balaban J connectivity index is 2.01. The summed E-state index contributed by atoms with van der Waals surface area (Å²) in [5, 5.41) is 0. The van der Waals surface area contributed by atoms with Gasteiger partial charge in [-0.25, -0.2) is 4.79 Å². The van der Waals surface area contributed by atoms with Gasteiger partial charge in [-0.3, -0.25) is 9.59 Å². The van der Waals surface area contributed by atoms with Gasteiger partial charge in [0.1, 0.15) is 11.9 Å². The highest BCUT2D eigenvalue weighted by Crippen LogP contribution is 2.17. The van der Waals surface area contributed by atoms with Gasteiger partial charge in [0.15, 0.2) is 0 Å². The van der Waals surface area contributed by atoms with Crippen LogP contribution in [0.3, 0.4) is 0 Å². The Morgan fingerprint density at radius 2 is 1.79 bits per heavy atom. The van der Waals surface area contributed by atoms with Crippen LogP contribution in [-0.2, 0) is 4.74 Å². The lowest BCUT2D eigenvalue weighted by Crippen LogP contribution is -2.56. The van der Waals surface area contributed by atoms with Crippen molar-refractivity contribution in [3.05, 3.63) is 35.4 Å². The predicted molar refractivity (Wildman–Crippen MR) is 90.1 cm³/mol. The number of carbonyl (C=O) groups is 3. The molecule has 6 heteroatoms. The van der Waals surface area contributed by atoms with E-state index in [9.17, 15) is 14.4 Å². The molecule has 1 fully saturated rings. The monoisotopic (exact) mass is 332 g/mol. The van der Waals surface area contributed by atoms with Crippen molar-refractivity contribution in [2.75, 3.05) is 19.6 Å². The minimum atomic E-state index is -0.534. The molecule has 1 aromatic rings. The smallest absolute Gasteiger partial charge is 0.410 e. The van der Waals surface area contributed by atoms with Gasteiger partial charge in [0.2, 0.25) is 0 Å².